The zero-order chi connectivity index (χ0) is 28.6. The van der Waals surface area contributed by atoms with Gasteiger partial charge in [0, 0.05) is 18.6 Å². The van der Waals surface area contributed by atoms with Crippen LogP contribution in [0.1, 0.15) is 17.0 Å². The molecule has 0 saturated heterocycles. The first-order valence-electron chi connectivity index (χ1n) is 12.2. The molecule has 0 amide bonds. The van der Waals surface area contributed by atoms with Crippen LogP contribution in [0.15, 0.2) is 115 Å². The van der Waals surface area contributed by atoms with Gasteiger partial charge in [-0.25, -0.2) is 34.8 Å². The maximum Gasteiger partial charge on any atom is 0.255 e. The van der Waals surface area contributed by atoms with E-state index in [9.17, 15) is 10.5 Å². The van der Waals surface area contributed by atoms with Gasteiger partial charge in [0.1, 0.15) is 39.4 Å². The van der Waals surface area contributed by atoms with Gasteiger partial charge < -0.3 is 0 Å². The summed E-state index contributed by atoms with van der Waals surface area (Å²) in [7, 11) is 0. The van der Waals surface area contributed by atoms with Crippen molar-refractivity contribution in [3.05, 3.63) is 145 Å². The first kappa shape index (κ1) is 24.2. The molecule has 0 saturated carbocycles. The predicted molar refractivity (Wildman–Crippen MR) is 142 cm³/mol. The largest absolute Gasteiger partial charge is 0.262 e. The second-order valence-corrected chi connectivity index (χ2v) is 8.80. The molecule has 0 unspecified atom stereocenters. The van der Waals surface area contributed by atoms with Gasteiger partial charge in [-0.15, -0.1) is 0 Å². The van der Waals surface area contributed by atoms with Crippen molar-refractivity contribution in [2.75, 3.05) is 0 Å². The summed E-state index contributed by atoms with van der Waals surface area (Å²) in [6, 6.07) is 12.5. The Labute approximate surface area is 234 Å². The molecule has 0 aromatic carbocycles. The highest BCUT2D eigenvalue weighted by Crippen LogP contribution is 2.30. The molecule has 3 aliphatic rings. The van der Waals surface area contributed by atoms with E-state index in [1.807, 2.05) is 0 Å². The molecule has 13 heteroatoms. The normalized spacial score (nSPS) is 17.1. The minimum atomic E-state index is 0.0134. The van der Waals surface area contributed by atoms with Crippen molar-refractivity contribution >= 4 is 16.8 Å². The van der Waals surface area contributed by atoms with E-state index in [4.69, 9.17) is 6.57 Å². The molecule has 0 N–H and O–H groups in total. The molecule has 0 aliphatic carbocycles. The number of fused-ring (bicyclic) bond motifs is 3. The van der Waals surface area contributed by atoms with Crippen LogP contribution in [-0.4, -0.2) is 19.9 Å². The fourth-order valence-electron chi connectivity index (χ4n) is 4.38. The van der Waals surface area contributed by atoms with E-state index in [0.29, 0.717) is 37.7 Å². The van der Waals surface area contributed by atoms with Crippen molar-refractivity contribution in [3.63, 3.8) is 0 Å². The molecule has 13 nitrogen and oxygen atoms in total. The lowest BCUT2D eigenvalue weighted by Gasteiger charge is -2.09. The smallest absolute Gasteiger partial charge is 0.255 e. The number of allylic oxidation sites excluding steroid dienone is 2. The van der Waals surface area contributed by atoms with Crippen LogP contribution < -0.4 is 32.1 Å². The predicted octanol–water partition coefficient (Wildman–Crippen LogP) is 0.0553. The highest BCUT2D eigenvalue weighted by atomic mass is 15.0. The Bertz CT molecular complexity index is 2100. The molecule has 0 spiro atoms. The molecule has 192 valence electrons. The lowest BCUT2D eigenvalue weighted by atomic mass is 10.0. The van der Waals surface area contributed by atoms with E-state index in [1.165, 1.54) is 0 Å². The van der Waals surface area contributed by atoms with Crippen molar-refractivity contribution in [1.82, 2.24) is 19.9 Å². The van der Waals surface area contributed by atoms with Crippen molar-refractivity contribution in [2.24, 2.45) is 30.0 Å². The average molecular weight is 541 g/mol. The zero-order valence-electron chi connectivity index (χ0n) is 21.2. The average Bonchev–Trinajstić information content (AvgIpc) is 3.75. The summed E-state index contributed by atoms with van der Waals surface area (Å²) in [5.74, 6) is 0.416. The van der Waals surface area contributed by atoms with Crippen LogP contribution >= 0.6 is 0 Å². The van der Waals surface area contributed by atoms with Crippen LogP contribution in [0.3, 0.4) is 0 Å². The van der Waals surface area contributed by atoms with Crippen LogP contribution in [0.4, 0.5) is 0 Å². The molecule has 0 radical (unpaired) electrons. The number of nitrogens with zero attached hydrogens (tertiary/aromatic N) is 13. The molecule has 7 rings (SSSR count). The molecule has 0 atom stereocenters. The first-order chi connectivity index (χ1) is 20.6. The van der Waals surface area contributed by atoms with Crippen LogP contribution in [-0.2, 0) is 0 Å². The molecule has 4 aromatic rings. The number of aromatic nitrogens is 4. The Morgan fingerprint density at radius 2 is 1.05 bits per heavy atom. The summed E-state index contributed by atoms with van der Waals surface area (Å²) in [4.78, 5) is 47.3. The van der Waals surface area contributed by atoms with Gasteiger partial charge in [-0.05, 0) is 35.9 Å². The first-order valence-corrected chi connectivity index (χ1v) is 12.2. The minimum Gasteiger partial charge on any atom is -0.262 e. The fraction of sp³-hybridized carbons (Fsp3) is 0. The van der Waals surface area contributed by atoms with Gasteiger partial charge in [-0.3, -0.25) is 19.9 Å². The Morgan fingerprint density at radius 1 is 0.595 bits per heavy atom. The fourth-order valence-corrected chi connectivity index (χ4v) is 4.38. The zero-order valence-corrected chi connectivity index (χ0v) is 21.2. The lowest BCUT2D eigenvalue weighted by Crippen LogP contribution is -2.20. The maximum atomic E-state index is 10.3. The van der Waals surface area contributed by atoms with E-state index < -0.39 is 0 Å². The van der Waals surface area contributed by atoms with Gasteiger partial charge >= 0.3 is 0 Å². The summed E-state index contributed by atoms with van der Waals surface area (Å²) >= 11 is 0. The van der Waals surface area contributed by atoms with Gasteiger partial charge in [0.15, 0.2) is 17.5 Å². The number of pyridine rings is 4. The Kier molecular flexibility index (Phi) is 5.57. The van der Waals surface area contributed by atoms with Crippen LogP contribution in [0, 0.1) is 29.2 Å². The molecule has 0 fully saturated rings. The molecule has 4 aromatic heterocycles. The number of hydrogen-bond acceptors (Lipinski definition) is 12. The van der Waals surface area contributed by atoms with Crippen LogP contribution in [0.2, 0.25) is 0 Å². The standard InChI is InChI=1S/C29H11N13/c1-32-26(29-39-20-4-7-35-14-25(20)42-29)22-9-15(16(10-30)27-37-18-2-5-33-12-23(18)40-27)8-21(36-22)17(11-31)28-38-19-3-6-34-13-24(19)41-28/h2-9,12-14H/b27-16-,28-17-,29-26+. The SMILES string of the molecule is [C-]#[N+]/C(=C1\N=c2ccncc2=N1)c1cc(/C(C#N)=C2/N=c3ccncc3=N2)cc(/C(C#N)=C2/N=c3ccncc3=N2)n1. The van der Waals surface area contributed by atoms with Crippen molar-refractivity contribution in [3.8, 4) is 12.1 Å². The van der Waals surface area contributed by atoms with E-state index in [2.05, 4.69) is 66.9 Å². The quantitative estimate of drug-likeness (QED) is 0.261. The highest BCUT2D eigenvalue weighted by molar-refractivity contribution is 5.86. The monoisotopic (exact) mass is 541 g/mol. The summed E-state index contributed by atoms with van der Waals surface area (Å²) in [6.45, 7) is 7.97. The summed E-state index contributed by atoms with van der Waals surface area (Å²) < 4.78 is 0. The minimum absolute atomic E-state index is 0.0134. The van der Waals surface area contributed by atoms with E-state index in [0.717, 1.165) is 0 Å². The van der Waals surface area contributed by atoms with Crippen LogP contribution in [0.5, 0.6) is 0 Å². The maximum absolute atomic E-state index is 10.3. The second-order valence-electron chi connectivity index (χ2n) is 8.80. The van der Waals surface area contributed by atoms with Gasteiger partial charge in [-0.1, -0.05) is 0 Å². The summed E-state index contributed by atoms with van der Waals surface area (Å²) in [5.41, 5.74) is 0.749. The van der Waals surface area contributed by atoms with Gasteiger partial charge in [0.05, 0.1) is 52.6 Å². The number of nitriles is 2. The number of rotatable bonds is 3. The van der Waals surface area contributed by atoms with Crippen molar-refractivity contribution < 1.29 is 0 Å². The lowest BCUT2D eigenvalue weighted by molar-refractivity contribution is 1.16. The Balaban J connectivity index is 1.50. The Hall–Kier alpha value is -6.91. The molecule has 0 bridgehead atoms. The van der Waals surface area contributed by atoms with Crippen molar-refractivity contribution in [2.45, 2.75) is 0 Å². The molecular formula is C29H11N13. The van der Waals surface area contributed by atoms with E-state index in [1.54, 1.807) is 67.5 Å². The number of hydrogen-bond donors (Lipinski definition) is 0. The third-order valence-corrected chi connectivity index (χ3v) is 6.30. The molecule has 7 heterocycles. The topological polar surface area (TPSA) is 178 Å². The molecule has 3 aliphatic heterocycles. The summed E-state index contributed by atoms with van der Waals surface area (Å²) in [6.07, 6.45) is 9.38. The molecular weight excluding hydrogens is 530 g/mol. The van der Waals surface area contributed by atoms with Crippen LogP contribution in [0.25, 0.3) is 21.7 Å². The third kappa shape index (κ3) is 4.02. The summed E-state index contributed by atoms with van der Waals surface area (Å²) in [5, 5.41) is 23.7. The van der Waals surface area contributed by atoms with E-state index in [-0.39, 0.29) is 45.7 Å². The van der Waals surface area contributed by atoms with Gasteiger partial charge in [0.2, 0.25) is 0 Å². The van der Waals surface area contributed by atoms with Crippen molar-refractivity contribution in [1.29, 1.82) is 10.5 Å². The molecule has 42 heavy (non-hydrogen) atoms. The van der Waals surface area contributed by atoms with Gasteiger partial charge in [0.25, 0.3) is 5.70 Å². The van der Waals surface area contributed by atoms with E-state index >= 15 is 0 Å². The third-order valence-electron chi connectivity index (χ3n) is 6.30. The van der Waals surface area contributed by atoms with Gasteiger partial charge in [-0.2, -0.15) is 10.5 Å². The highest BCUT2D eigenvalue weighted by Gasteiger charge is 2.22. The Morgan fingerprint density at radius 3 is 1.55 bits per heavy atom. The second kappa shape index (κ2) is 9.68.